The second-order valence-corrected chi connectivity index (χ2v) is 6.80. The van der Waals surface area contributed by atoms with Crippen LogP contribution in [0.2, 0.25) is 0 Å². The molecule has 0 aliphatic carbocycles. The van der Waals surface area contributed by atoms with Crippen molar-refractivity contribution < 1.29 is 18.8 Å². The summed E-state index contributed by atoms with van der Waals surface area (Å²) >= 11 is 0. The van der Waals surface area contributed by atoms with Crippen LogP contribution < -0.4 is 14.8 Å². The summed E-state index contributed by atoms with van der Waals surface area (Å²) in [5.41, 5.74) is 2.95. The van der Waals surface area contributed by atoms with E-state index < -0.39 is 6.10 Å². The number of methoxy groups -OCH3 is 1. The van der Waals surface area contributed by atoms with Gasteiger partial charge in [0.2, 0.25) is 11.7 Å². The molecule has 152 valence electrons. The molecule has 0 saturated carbocycles. The Morgan fingerprint density at radius 1 is 1.14 bits per heavy atom. The molecule has 1 heterocycles. The molecule has 1 amide bonds. The Morgan fingerprint density at radius 2 is 1.90 bits per heavy atom. The Morgan fingerprint density at radius 3 is 2.59 bits per heavy atom. The number of carbonyl (C=O) groups excluding carboxylic acids is 1. The van der Waals surface area contributed by atoms with Crippen molar-refractivity contribution >= 4 is 5.91 Å². The van der Waals surface area contributed by atoms with E-state index in [4.69, 9.17) is 14.0 Å². The van der Waals surface area contributed by atoms with E-state index in [1.54, 1.807) is 7.11 Å². The molecule has 3 aromatic rings. The number of hydrogen-bond donors (Lipinski definition) is 1. The van der Waals surface area contributed by atoms with Crippen LogP contribution in [0.4, 0.5) is 0 Å². The fraction of sp³-hybridized carbons (Fsp3) is 0.318. The van der Waals surface area contributed by atoms with E-state index in [2.05, 4.69) is 21.5 Å². The Balaban J connectivity index is 1.61. The number of nitrogens with one attached hydrogen (secondary N) is 1. The predicted octanol–water partition coefficient (Wildman–Crippen LogP) is 3.84. The van der Waals surface area contributed by atoms with Crippen LogP contribution in [0.15, 0.2) is 47.0 Å². The highest BCUT2D eigenvalue weighted by molar-refractivity contribution is 5.81. The number of rotatable bonds is 8. The number of aryl methyl sites for hydroxylation is 2. The molecule has 0 aliphatic rings. The van der Waals surface area contributed by atoms with Gasteiger partial charge >= 0.3 is 0 Å². The summed E-state index contributed by atoms with van der Waals surface area (Å²) in [5.74, 6) is 1.91. The minimum Gasteiger partial charge on any atom is -0.497 e. The van der Waals surface area contributed by atoms with Gasteiger partial charge < -0.3 is 19.3 Å². The summed E-state index contributed by atoms with van der Waals surface area (Å²) in [4.78, 5) is 16.9. The van der Waals surface area contributed by atoms with Gasteiger partial charge in [0.1, 0.15) is 11.5 Å². The van der Waals surface area contributed by atoms with Gasteiger partial charge in [0, 0.05) is 5.56 Å². The number of nitrogens with zero attached hydrogens (tertiary/aromatic N) is 2. The lowest BCUT2D eigenvalue weighted by Gasteiger charge is -2.17. The van der Waals surface area contributed by atoms with Crippen LogP contribution >= 0.6 is 0 Å². The summed E-state index contributed by atoms with van der Waals surface area (Å²) in [5, 5.41) is 6.77. The van der Waals surface area contributed by atoms with Crippen molar-refractivity contribution in [2.45, 2.75) is 39.8 Å². The minimum absolute atomic E-state index is 0.127. The number of hydrogen-bond acceptors (Lipinski definition) is 6. The normalized spacial score (nSPS) is 11.7. The fourth-order valence-electron chi connectivity index (χ4n) is 2.97. The first-order valence-electron chi connectivity index (χ1n) is 9.48. The third-order valence-corrected chi connectivity index (χ3v) is 4.35. The van der Waals surface area contributed by atoms with E-state index in [0.29, 0.717) is 29.6 Å². The van der Waals surface area contributed by atoms with E-state index in [1.165, 1.54) is 0 Å². The van der Waals surface area contributed by atoms with Gasteiger partial charge in [-0.25, -0.2) is 0 Å². The topological polar surface area (TPSA) is 86.5 Å². The van der Waals surface area contributed by atoms with E-state index >= 15 is 0 Å². The van der Waals surface area contributed by atoms with Crippen molar-refractivity contribution in [3.8, 4) is 22.9 Å². The maximum absolute atomic E-state index is 12.5. The number of amides is 1. The smallest absolute Gasteiger partial charge is 0.261 e. The third-order valence-electron chi connectivity index (χ3n) is 4.35. The van der Waals surface area contributed by atoms with E-state index in [-0.39, 0.29) is 12.5 Å². The van der Waals surface area contributed by atoms with Gasteiger partial charge in [-0.2, -0.15) is 4.98 Å². The molecule has 1 atom stereocenters. The van der Waals surface area contributed by atoms with Crippen LogP contribution in [-0.2, 0) is 11.3 Å². The molecule has 7 nitrogen and oxygen atoms in total. The van der Waals surface area contributed by atoms with Gasteiger partial charge in [0.25, 0.3) is 5.91 Å². The zero-order valence-corrected chi connectivity index (χ0v) is 17.1. The van der Waals surface area contributed by atoms with Crippen LogP contribution in [0.5, 0.6) is 11.5 Å². The molecule has 0 fully saturated rings. The molecule has 0 aliphatic heterocycles. The average molecular weight is 395 g/mol. The molecule has 0 unspecified atom stereocenters. The van der Waals surface area contributed by atoms with E-state index in [9.17, 15) is 4.79 Å². The fourth-order valence-corrected chi connectivity index (χ4v) is 2.97. The molecule has 3 rings (SSSR count). The Kier molecular flexibility index (Phi) is 6.49. The lowest BCUT2D eigenvalue weighted by molar-refractivity contribution is -0.128. The molecule has 0 spiro atoms. The molecule has 0 saturated heterocycles. The zero-order valence-electron chi connectivity index (χ0n) is 17.1. The highest BCUT2D eigenvalue weighted by Gasteiger charge is 2.19. The number of ether oxygens (including phenoxy) is 2. The zero-order chi connectivity index (χ0) is 20.8. The molecule has 0 bridgehead atoms. The first kappa shape index (κ1) is 20.4. The van der Waals surface area contributed by atoms with Crippen LogP contribution in [0.3, 0.4) is 0 Å². The van der Waals surface area contributed by atoms with Gasteiger partial charge in [-0.05, 0) is 55.7 Å². The maximum Gasteiger partial charge on any atom is 0.261 e. The molecular formula is C22H25N3O4. The predicted molar refractivity (Wildman–Crippen MR) is 109 cm³/mol. The SMILES string of the molecule is CC[C@@H](Oc1cc(C)cc(C)c1)C(=O)NCc1nc(-c2cccc(OC)c2)no1. The second kappa shape index (κ2) is 9.23. The summed E-state index contributed by atoms with van der Waals surface area (Å²) in [6, 6.07) is 13.3. The Labute approximate surface area is 170 Å². The van der Waals surface area contributed by atoms with Crippen LogP contribution in [0.25, 0.3) is 11.4 Å². The van der Waals surface area contributed by atoms with Crippen LogP contribution in [-0.4, -0.2) is 29.3 Å². The minimum atomic E-state index is -0.600. The van der Waals surface area contributed by atoms with E-state index in [1.807, 2.05) is 57.2 Å². The Hall–Kier alpha value is -3.35. The molecule has 29 heavy (non-hydrogen) atoms. The average Bonchev–Trinajstić information content (AvgIpc) is 3.18. The lowest BCUT2D eigenvalue weighted by atomic mass is 10.1. The number of benzene rings is 2. The van der Waals surface area contributed by atoms with Crippen LogP contribution in [0.1, 0.15) is 30.4 Å². The van der Waals surface area contributed by atoms with Crippen molar-refractivity contribution in [2.24, 2.45) is 0 Å². The molecular weight excluding hydrogens is 370 g/mol. The Bertz CT molecular complexity index is 963. The summed E-state index contributed by atoms with van der Waals surface area (Å²) in [6.45, 7) is 6.02. The van der Waals surface area contributed by atoms with Gasteiger partial charge in [-0.1, -0.05) is 30.3 Å². The molecule has 2 aromatic carbocycles. The highest BCUT2D eigenvalue weighted by atomic mass is 16.5. The quantitative estimate of drug-likeness (QED) is 0.624. The lowest BCUT2D eigenvalue weighted by Crippen LogP contribution is -2.37. The summed E-state index contributed by atoms with van der Waals surface area (Å²) < 4.78 is 16.3. The van der Waals surface area contributed by atoms with Gasteiger partial charge in [-0.3, -0.25) is 4.79 Å². The number of aromatic nitrogens is 2. The van der Waals surface area contributed by atoms with Gasteiger partial charge in [0.15, 0.2) is 6.10 Å². The molecule has 1 aromatic heterocycles. The standard InChI is InChI=1S/C22H25N3O4/c1-5-19(28-18-10-14(2)9-15(3)11-18)22(26)23-13-20-24-21(25-29-20)16-7-6-8-17(12-16)27-4/h6-12,19H,5,13H2,1-4H3,(H,23,26)/t19-/m1/s1. The summed E-state index contributed by atoms with van der Waals surface area (Å²) in [7, 11) is 1.60. The van der Waals surface area contributed by atoms with Gasteiger partial charge in [-0.15, -0.1) is 0 Å². The van der Waals surface area contributed by atoms with Crippen molar-refractivity contribution in [3.05, 3.63) is 59.5 Å². The second-order valence-electron chi connectivity index (χ2n) is 6.80. The molecule has 0 radical (unpaired) electrons. The van der Waals surface area contributed by atoms with Crippen LogP contribution in [0, 0.1) is 13.8 Å². The van der Waals surface area contributed by atoms with Gasteiger partial charge in [0.05, 0.1) is 13.7 Å². The largest absolute Gasteiger partial charge is 0.497 e. The first-order valence-corrected chi connectivity index (χ1v) is 9.48. The third kappa shape index (κ3) is 5.34. The molecule has 7 heteroatoms. The van der Waals surface area contributed by atoms with Crippen molar-refractivity contribution in [1.82, 2.24) is 15.5 Å². The molecule has 1 N–H and O–H groups in total. The first-order chi connectivity index (χ1) is 14.0. The number of carbonyl (C=O) groups is 1. The maximum atomic E-state index is 12.5. The van der Waals surface area contributed by atoms with Crippen molar-refractivity contribution in [2.75, 3.05) is 7.11 Å². The van der Waals surface area contributed by atoms with Crippen molar-refractivity contribution in [3.63, 3.8) is 0 Å². The van der Waals surface area contributed by atoms with E-state index in [0.717, 1.165) is 16.7 Å². The summed E-state index contributed by atoms with van der Waals surface area (Å²) in [6.07, 6.45) is -0.0606. The highest BCUT2D eigenvalue weighted by Crippen LogP contribution is 2.21. The monoisotopic (exact) mass is 395 g/mol. The van der Waals surface area contributed by atoms with Crippen molar-refractivity contribution in [1.29, 1.82) is 0 Å².